The maximum atomic E-state index is 12.5. The highest BCUT2D eigenvalue weighted by atomic mass is 16.5. The molecule has 1 aliphatic rings. The standard InChI is InChI=1S/C15H15N5O3/c1-10-12(8-19-23-10)15(21)20-6-2-3-11(9-20)22-14-13(7-16)17-4-5-18-14/h4-5,8,11H,2-3,6,9H2,1H3/t11-/m1/s1. The van der Waals surface area contributed by atoms with Crippen molar-refractivity contribution >= 4 is 5.91 Å². The first-order valence-electron chi connectivity index (χ1n) is 7.27. The number of piperidine rings is 1. The molecule has 1 amide bonds. The molecule has 0 aromatic carbocycles. The second-order valence-corrected chi connectivity index (χ2v) is 5.25. The lowest BCUT2D eigenvalue weighted by Crippen LogP contribution is -2.44. The van der Waals surface area contributed by atoms with Crippen LogP contribution in [0.3, 0.4) is 0 Å². The topological polar surface area (TPSA) is 105 Å². The molecular weight excluding hydrogens is 298 g/mol. The van der Waals surface area contributed by atoms with Gasteiger partial charge >= 0.3 is 0 Å². The van der Waals surface area contributed by atoms with Crippen LogP contribution < -0.4 is 4.74 Å². The van der Waals surface area contributed by atoms with Crippen LogP contribution in [0.25, 0.3) is 0 Å². The molecule has 1 saturated heterocycles. The van der Waals surface area contributed by atoms with Crippen molar-refractivity contribution in [1.82, 2.24) is 20.0 Å². The van der Waals surface area contributed by atoms with Crippen LogP contribution in [0.2, 0.25) is 0 Å². The lowest BCUT2D eigenvalue weighted by Gasteiger charge is -2.32. The first-order valence-corrected chi connectivity index (χ1v) is 7.27. The number of carbonyl (C=O) groups excluding carboxylic acids is 1. The van der Waals surface area contributed by atoms with Crippen LogP contribution in [0.4, 0.5) is 0 Å². The van der Waals surface area contributed by atoms with E-state index in [-0.39, 0.29) is 23.6 Å². The molecule has 8 nitrogen and oxygen atoms in total. The van der Waals surface area contributed by atoms with E-state index in [4.69, 9.17) is 14.5 Å². The Labute approximate surface area is 132 Å². The van der Waals surface area contributed by atoms with Crippen LogP contribution in [-0.4, -0.2) is 45.1 Å². The van der Waals surface area contributed by atoms with Gasteiger partial charge in [0.2, 0.25) is 5.69 Å². The van der Waals surface area contributed by atoms with Gasteiger partial charge in [-0.2, -0.15) is 5.26 Å². The molecular formula is C15H15N5O3. The van der Waals surface area contributed by atoms with Gasteiger partial charge in [0.25, 0.3) is 11.8 Å². The van der Waals surface area contributed by atoms with Crippen LogP contribution in [0, 0.1) is 18.3 Å². The van der Waals surface area contributed by atoms with Crippen LogP contribution in [0.1, 0.15) is 34.7 Å². The highest BCUT2D eigenvalue weighted by Gasteiger charge is 2.28. The first kappa shape index (κ1) is 15.0. The summed E-state index contributed by atoms with van der Waals surface area (Å²) in [5, 5.41) is 12.7. The number of aromatic nitrogens is 3. The summed E-state index contributed by atoms with van der Waals surface area (Å²) < 4.78 is 10.7. The lowest BCUT2D eigenvalue weighted by molar-refractivity contribution is 0.0524. The average molecular weight is 313 g/mol. The zero-order valence-electron chi connectivity index (χ0n) is 12.6. The maximum Gasteiger partial charge on any atom is 0.259 e. The molecule has 118 valence electrons. The summed E-state index contributed by atoms with van der Waals surface area (Å²) in [7, 11) is 0. The van der Waals surface area contributed by atoms with Crippen LogP contribution >= 0.6 is 0 Å². The van der Waals surface area contributed by atoms with E-state index in [2.05, 4.69) is 15.1 Å². The van der Waals surface area contributed by atoms with E-state index in [1.165, 1.54) is 18.6 Å². The van der Waals surface area contributed by atoms with E-state index in [0.717, 1.165) is 12.8 Å². The van der Waals surface area contributed by atoms with Crippen molar-refractivity contribution in [3.05, 3.63) is 35.6 Å². The second kappa shape index (κ2) is 6.44. The molecule has 0 saturated carbocycles. The Kier molecular flexibility index (Phi) is 4.19. The molecule has 0 unspecified atom stereocenters. The molecule has 1 atom stereocenters. The largest absolute Gasteiger partial charge is 0.470 e. The predicted molar refractivity (Wildman–Crippen MR) is 77.5 cm³/mol. The molecule has 0 spiro atoms. The van der Waals surface area contributed by atoms with E-state index < -0.39 is 0 Å². The average Bonchev–Trinajstić information content (AvgIpc) is 3.01. The SMILES string of the molecule is Cc1oncc1C(=O)N1CCC[C@@H](Oc2nccnc2C#N)C1. The van der Waals surface area contributed by atoms with Crippen molar-refractivity contribution in [2.45, 2.75) is 25.9 Å². The molecule has 0 aliphatic carbocycles. The van der Waals surface area contributed by atoms with Gasteiger partial charge in [0, 0.05) is 18.9 Å². The minimum atomic E-state index is -0.225. The molecule has 1 aliphatic heterocycles. The van der Waals surface area contributed by atoms with Gasteiger partial charge in [0.1, 0.15) is 23.5 Å². The fraction of sp³-hybridized carbons (Fsp3) is 0.400. The second-order valence-electron chi connectivity index (χ2n) is 5.25. The number of nitrogens with zero attached hydrogens (tertiary/aromatic N) is 5. The zero-order chi connectivity index (χ0) is 16.2. The van der Waals surface area contributed by atoms with E-state index in [9.17, 15) is 4.79 Å². The number of aryl methyl sites for hydroxylation is 1. The zero-order valence-corrected chi connectivity index (χ0v) is 12.6. The molecule has 1 fully saturated rings. The molecule has 23 heavy (non-hydrogen) atoms. The molecule has 3 rings (SSSR count). The third kappa shape index (κ3) is 3.13. The molecule has 8 heteroatoms. The molecule has 2 aromatic heterocycles. The summed E-state index contributed by atoms with van der Waals surface area (Å²) in [4.78, 5) is 22.2. The minimum absolute atomic E-state index is 0.128. The number of amides is 1. The monoisotopic (exact) mass is 313 g/mol. The van der Waals surface area contributed by atoms with Gasteiger partial charge in [-0.15, -0.1) is 0 Å². The Morgan fingerprint density at radius 2 is 2.30 bits per heavy atom. The van der Waals surface area contributed by atoms with Gasteiger partial charge in [-0.25, -0.2) is 9.97 Å². The van der Waals surface area contributed by atoms with Gasteiger partial charge in [0.05, 0.1) is 12.7 Å². The number of hydrogen-bond acceptors (Lipinski definition) is 7. The van der Waals surface area contributed by atoms with E-state index in [1.807, 2.05) is 6.07 Å². The molecule has 0 bridgehead atoms. The van der Waals surface area contributed by atoms with Crippen molar-refractivity contribution in [1.29, 1.82) is 5.26 Å². The van der Waals surface area contributed by atoms with Gasteiger partial charge in [0.15, 0.2) is 0 Å². The van der Waals surface area contributed by atoms with E-state index in [1.54, 1.807) is 11.8 Å². The Morgan fingerprint density at radius 3 is 3.04 bits per heavy atom. The van der Waals surface area contributed by atoms with Crippen LogP contribution in [0.5, 0.6) is 5.88 Å². The smallest absolute Gasteiger partial charge is 0.259 e. The molecule has 3 heterocycles. The number of ether oxygens (including phenoxy) is 1. The van der Waals surface area contributed by atoms with Gasteiger partial charge in [-0.3, -0.25) is 4.79 Å². The summed E-state index contributed by atoms with van der Waals surface area (Å²) >= 11 is 0. The Bertz CT molecular complexity index is 752. The molecule has 2 aromatic rings. The Hall–Kier alpha value is -2.95. The van der Waals surface area contributed by atoms with Crippen LogP contribution in [0.15, 0.2) is 23.1 Å². The summed E-state index contributed by atoms with van der Waals surface area (Å²) in [6.45, 7) is 2.77. The Balaban J connectivity index is 1.70. The van der Waals surface area contributed by atoms with E-state index in [0.29, 0.717) is 24.4 Å². The third-order valence-corrected chi connectivity index (χ3v) is 3.70. The number of hydrogen-bond donors (Lipinski definition) is 0. The summed E-state index contributed by atoms with van der Waals surface area (Å²) in [5.41, 5.74) is 0.605. The highest BCUT2D eigenvalue weighted by Crippen LogP contribution is 2.20. The molecule has 0 N–H and O–H groups in total. The Morgan fingerprint density at radius 1 is 1.48 bits per heavy atom. The summed E-state index contributed by atoms with van der Waals surface area (Å²) in [5.74, 6) is 0.575. The number of likely N-dealkylation sites (tertiary alicyclic amines) is 1. The quantitative estimate of drug-likeness (QED) is 0.841. The van der Waals surface area contributed by atoms with Gasteiger partial charge < -0.3 is 14.2 Å². The highest BCUT2D eigenvalue weighted by molar-refractivity contribution is 5.94. The fourth-order valence-corrected chi connectivity index (χ4v) is 2.54. The lowest BCUT2D eigenvalue weighted by atomic mass is 10.1. The minimum Gasteiger partial charge on any atom is -0.470 e. The van der Waals surface area contributed by atoms with E-state index >= 15 is 0 Å². The summed E-state index contributed by atoms with van der Waals surface area (Å²) in [6.07, 6.45) is 5.71. The van der Waals surface area contributed by atoms with Crippen molar-refractivity contribution in [2.24, 2.45) is 0 Å². The molecule has 0 radical (unpaired) electrons. The van der Waals surface area contributed by atoms with Gasteiger partial charge in [-0.05, 0) is 19.8 Å². The van der Waals surface area contributed by atoms with Crippen molar-refractivity contribution in [3.63, 3.8) is 0 Å². The van der Waals surface area contributed by atoms with Crippen molar-refractivity contribution in [3.8, 4) is 11.9 Å². The number of rotatable bonds is 3. The predicted octanol–water partition coefficient (Wildman–Crippen LogP) is 1.33. The first-order chi connectivity index (χ1) is 11.2. The fourth-order valence-electron chi connectivity index (χ4n) is 2.54. The third-order valence-electron chi connectivity index (χ3n) is 3.70. The number of carbonyl (C=O) groups is 1. The van der Waals surface area contributed by atoms with Crippen molar-refractivity contribution < 1.29 is 14.1 Å². The number of nitriles is 1. The van der Waals surface area contributed by atoms with Crippen molar-refractivity contribution in [2.75, 3.05) is 13.1 Å². The normalized spacial score (nSPS) is 17.6. The van der Waals surface area contributed by atoms with Gasteiger partial charge in [-0.1, -0.05) is 5.16 Å². The summed E-state index contributed by atoms with van der Waals surface area (Å²) in [6, 6.07) is 1.95. The van der Waals surface area contributed by atoms with Crippen LogP contribution in [-0.2, 0) is 0 Å². The maximum absolute atomic E-state index is 12.5.